The van der Waals surface area contributed by atoms with Gasteiger partial charge >= 0.3 is 5.97 Å². The molecule has 0 radical (unpaired) electrons. The number of rotatable bonds is 3. The van der Waals surface area contributed by atoms with Gasteiger partial charge in [0.1, 0.15) is 10.7 Å². The summed E-state index contributed by atoms with van der Waals surface area (Å²) < 4.78 is 14.4. The van der Waals surface area contributed by atoms with Crippen LogP contribution in [0, 0.1) is 5.82 Å². The predicted molar refractivity (Wildman–Crippen MR) is 103 cm³/mol. The van der Waals surface area contributed by atoms with Gasteiger partial charge in [-0.15, -0.1) is 11.3 Å². The topological polar surface area (TPSA) is 66.4 Å². The van der Waals surface area contributed by atoms with E-state index in [1.165, 1.54) is 6.07 Å². The Hall–Kier alpha value is -2.70. The molecule has 1 unspecified atom stereocenters. The first kappa shape index (κ1) is 17.7. The van der Waals surface area contributed by atoms with Crippen molar-refractivity contribution in [3.05, 3.63) is 74.7 Å². The van der Waals surface area contributed by atoms with E-state index in [1.807, 2.05) is 0 Å². The van der Waals surface area contributed by atoms with E-state index in [2.05, 4.69) is 5.32 Å². The van der Waals surface area contributed by atoms with Gasteiger partial charge in [0.25, 0.3) is 0 Å². The summed E-state index contributed by atoms with van der Waals surface area (Å²) in [5, 5.41) is 13.0. The van der Waals surface area contributed by atoms with Crippen molar-refractivity contribution in [2.24, 2.45) is 0 Å². The Balaban J connectivity index is 1.95. The Labute approximate surface area is 163 Å². The minimum atomic E-state index is -1.10. The molecule has 0 saturated heterocycles. The van der Waals surface area contributed by atoms with Crippen LogP contribution in [0.2, 0.25) is 5.02 Å². The van der Waals surface area contributed by atoms with Crippen molar-refractivity contribution in [2.45, 2.75) is 12.3 Å². The zero-order valence-corrected chi connectivity index (χ0v) is 15.4. The maximum Gasteiger partial charge on any atom is 0.346 e. The highest BCUT2D eigenvalue weighted by Gasteiger charge is 2.35. The first-order chi connectivity index (χ1) is 13.0. The number of hydrogen-bond donors (Lipinski definition) is 2. The third kappa shape index (κ3) is 3.11. The van der Waals surface area contributed by atoms with Crippen molar-refractivity contribution in [2.75, 3.05) is 5.32 Å². The molecular weight excluding hydrogens is 389 g/mol. The third-order valence-corrected chi connectivity index (χ3v) is 6.06. The maximum atomic E-state index is 14.4. The highest BCUT2D eigenvalue weighted by atomic mass is 35.5. The van der Waals surface area contributed by atoms with Gasteiger partial charge in [0, 0.05) is 27.8 Å². The van der Waals surface area contributed by atoms with E-state index in [1.54, 1.807) is 42.5 Å². The first-order valence-electron chi connectivity index (χ1n) is 8.16. The molecule has 27 heavy (non-hydrogen) atoms. The van der Waals surface area contributed by atoms with Crippen LogP contribution in [0.15, 0.2) is 48.5 Å². The zero-order chi connectivity index (χ0) is 19.1. The largest absolute Gasteiger partial charge is 0.477 e. The number of anilines is 1. The Morgan fingerprint density at radius 3 is 2.56 bits per heavy atom. The number of thiophene rings is 1. The predicted octanol–water partition coefficient (Wildman–Crippen LogP) is 5.38. The molecule has 0 aliphatic carbocycles. The van der Waals surface area contributed by atoms with Gasteiger partial charge < -0.3 is 10.4 Å². The number of nitrogens with one attached hydrogen (secondary N) is 1. The molecule has 0 saturated carbocycles. The fourth-order valence-electron chi connectivity index (χ4n) is 3.34. The number of carbonyl (C=O) groups is 2. The van der Waals surface area contributed by atoms with Crippen LogP contribution in [-0.4, -0.2) is 17.0 Å². The normalized spacial score (nSPS) is 15.9. The molecule has 3 aromatic rings. The molecule has 1 aromatic heterocycles. The van der Waals surface area contributed by atoms with Crippen molar-refractivity contribution >= 4 is 40.5 Å². The van der Waals surface area contributed by atoms with Crippen molar-refractivity contribution < 1.29 is 19.1 Å². The number of carbonyl (C=O) groups excluding carboxylic acids is 1. The van der Waals surface area contributed by atoms with Crippen LogP contribution in [-0.2, 0) is 4.79 Å². The summed E-state index contributed by atoms with van der Waals surface area (Å²) in [4.78, 5) is 25.0. The van der Waals surface area contributed by atoms with Gasteiger partial charge in [-0.1, -0.05) is 41.9 Å². The Bertz CT molecular complexity index is 1060. The number of amides is 1. The average Bonchev–Trinajstić information content (AvgIpc) is 3.02. The van der Waals surface area contributed by atoms with E-state index in [0.29, 0.717) is 32.3 Å². The van der Waals surface area contributed by atoms with E-state index in [-0.39, 0.29) is 17.2 Å². The van der Waals surface area contributed by atoms with E-state index in [0.717, 1.165) is 11.3 Å². The standard InChI is InChI=1S/C20H13ClFNO3S/c21-11-7-5-10(6-8-11)16-17-18(27-19(16)20(25)26)13(9-15(24)23-17)12-3-1-2-4-14(12)22/h1-8,13H,9H2,(H,23,24)(H,25,26). The lowest BCUT2D eigenvalue weighted by atomic mass is 9.88. The molecule has 136 valence electrons. The van der Waals surface area contributed by atoms with Crippen LogP contribution in [0.1, 0.15) is 32.5 Å². The number of fused-ring (bicyclic) bond motifs is 1. The van der Waals surface area contributed by atoms with Crippen LogP contribution in [0.4, 0.5) is 10.1 Å². The number of benzene rings is 2. The molecule has 0 bridgehead atoms. The summed E-state index contributed by atoms with van der Waals surface area (Å²) in [6.07, 6.45) is 0.0631. The summed E-state index contributed by atoms with van der Waals surface area (Å²) in [5.74, 6) is -2.32. The Morgan fingerprint density at radius 2 is 1.89 bits per heavy atom. The van der Waals surface area contributed by atoms with Crippen molar-refractivity contribution in [1.29, 1.82) is 0 Å². The fourth-order valence-corrected chi connectivity index (χ4v) is 4.70. The second-order valence-electron chi connectivity index (χ2n) is 6.18. The SMILES string of the molecule is O=C1CC(c2ccccc2F)c2sc(C(=O)O)c(-c3ccc(Cl)cc3)c2N1. The fraction of sp³-hybridized carbons (Fsp3) is 0.100. The second kappa shape index (κ2) is 6.79. The number of hydrogen-bond acceptors (Lipinski definition) is 3. The number of aromatic carboxylic acids is 1. The summed E-state index contributed by atoms with van der Waals surface area (Å²) in [6, 6.07) is 13.0. The van der Waals surface area contributed by atoms with Crippen LogP contribution in [0.5, 0.6) is 0 Å². The van der Waals surface area contributed by atoms with Crippen molar-refractivity contribution in [1.82, 2.24) is 0 Å². The van der Waals surface area contributed by atoms with Crippen LogP contribution < -0.4 is 5.32 Å². The van der Waals surface area contributed by atoms with Gasteiger partial charge in [0.15, 0.2) is 0 Å². The molecule has 1 atom stereocenters. The van der Waals surface area contributed by atoms with Crippen LogP contribution in [0.25, 0.3) is 11.1 Å². The summed E-state index contributed by atoms with van der Waals surface area (Å²) in [7, 11) is 0. The molecule has 0 fully saturated rings. The number of carboxylic acid groups (broad SMARTS) is 1. The van der Waals surface area contributed by atoms with Gasteiger partial charge in [-0.2, -0.15) is 0 Å². The molecule has 2 heterocycles. The van der Waals surface area contributed by atoms with Gasteiger partial charge in [0.05, 0.1) is 5.69 Å². The molecule has 1 aliphatic heterocycles. The Morgan fingerprint density at radius 1 is 1.19 bits per heavy atom. The smallest absolute Gasteiger partial charge is 0.346 e. The van der Waals surface area contributed by atoms with E-state index < -0.39 is 17.7 Å². The van der Waals surface area contributed by atoms with Gasteiger partial charge in [-0.05, 0) is 29.3 Å². The molecule has 1 amide bonds. The molecule has 1 aliphatic rings. The molecule has 0 spiro atoms. The minimum absolute atomic E-state index is 0.0631. The zero-order valence-electron chi connectivity index (χ0n) is 13.8. The van der Waals surface area contributed by atoms with Gasteiger partial charge in [0.2, 0.25) is 5.91 Å². The minimum Gasteiger partial charge on any atom is -0.477 e. The molecule has 4 nitrogen and oxygen atoms in total. The highest BCUT2D eigenvalue weighted by Crippen LogP contribution is 2.49. The van der Waals surface area contributed by atoms with Crippen LogP contribution >= 0.6 is 22.9 Å². The second-order valence-corrected chi connectivity index (χ2v) is 7.67. The number of halogens is 2. The number of carboxylic acids is 1. The van der Waals surface area contributed by atoms with Crippen molar-refractivity contribution in [3.8, 4) is 11.1 Å². The summed E-state index contributed by atoms with van der Waals surface area (Å²) in [5.41, 5.74) is 1.87. The molecule has 2 aromatic carbocycles. The lowest BCUT2D eigenvalue weighted by Crippen LogP contribution is -2.23. The summed E-state index contributed by atoms with van der Waals surface area (Å²) >= 11 is 7.01. The van der Waals surface area contributed by atoms with Crippen LogP contribution in [0.3, 0.4) is 0 Å². The average molecular weight is 402 g/mol. The Kier molecular flexibility index (Phi) is 4.45. The molecular formula is C20H13ClFNO3S. The molecule has 7 heteroatoms. The van der Waals surface area contributed by atoms with Crippen molar-refractivity contribution in [3.63, 3.8) is 0 Å². The third-order valence-electron chi connectivity index (χ3n) is 4.51. The monoisotopic (exact) mass is 401 g/mol. The highest BCUT2D eigenvalue weighted by molar-refractivity contribution is 7.15. The van der Waals surface area contributed by atoms with E-state index >= 15 is 0 Å². The molecule has 2 N–H and O–H groups in total. The van der Waals surface area contributed by atoms with E-state index in [4.69, 9.17) is 11.6 Å². The lowest BCUT2D eigenvalue weighted by molar-refractivity contribution is -0.116. The summed E-state index contributed by atoms with van der Waals surface area (Å²) in [6.45, 7) is 0. The lowest BCUT2D eigenvalue weighted by Gasteiger charge is -2.24. The molecule has 4 rings (SSSR count). The van der Waals surface area contributed by atoms with E-state index in [9.17, 15) is 19.1 Å². The van der Waals surface area contributed by atoms with Gasteiger partial charge in [-0.25, -0.2) is 9.18 Å². The maximum absolute atomic E-state index is 14.4. The quantitative estimate of drug-likeness (QED) is 0.619. The van der Waals surface area contributed by atoms with Gasteiger partial charge in [-0.3, -0.25) is 4.79 Å². The first-order valence-corrected chi connectivity index (χ1v) is 9.35.